The number of cyclic esters (lactones) is 1. The number of rotatable bonds is 3. The maximum absolute atomic E-state index is 12.6. The van der Waals surface area contributed by atoms with Gasteiger partial charge in [0.1, 0.15) is 5.75 Å². The van der Waals surface area contributed by atoms with Gasteiger partial charge in [0.2, 0.25) is 6.29 Å². The first-order valence-electron chi connectivity index (χ1n) is 11.5. The van der Waals surface area contributed by atoms with Crippen LogP contribution in [0, 0.1) is 35.0 Å². The Labute approximate surface area is 172 Å². The summed E-state index contributed by atoms with van der Waals surface area (Å²) in [4.78, 5) is 12.6. The highest BCUT2D eigenvalue weighted by Crippen LogP contribution is 2.70. The Balaban J connectivity index is 1.26. The van der Waals surface area contributed by atoms with Gasteiger partial charge in [-0.25, -0.2) is 0 Å². The molecule has 2 aromatic rings. The van der Waals surface area contributed by atoms with Crippen molar-refractivity contribution >= 4 is 16.7 Å². The van der Waals surface area contributed by atoms with Gasteiger partial charge in [-0.2, -0.15) is 0 Å². The molecule has 1 saturated heterocycles. The fourth-order valence-corrected chi connectivity index (χ4v) is 7.21. The number of hydrogen-bond donors (Lipinski definition) is 0. The van der Waals surface area contributed by atoms with E-state index in [-0.39, 0.29) is 17.8 Å². The maximum atomic E-state index is 12.6. The van der Waals surface area contributed by atoms with E-state index in [1.807, 2.05) is 18.2 Å². The fourth-order valence-electron chi connectivity index (χ4n) is 7.21. The predicted molar refractivity (Wildman–Crippen MR) is 112 cm³/mol. The molecule has 1 heterocycles. The molecule has 3 aliphatic carbocycles. The molecule has 29 heavy (non-hydrogen) atoms. The average molecular weight is 391 g/mol. The van der Waals surface area contributed by atoms with Gasteiger partial charge in [0.15, 0.2) is 0 Å². The van der Waals surface area contributed by atoms with Crippen LogP contribution in [0.5, 0.6) is 5.75 Å². The Morgan fingerprint density at radius 3 is 2.59 bits per heavy atom. The van der Waals surface area contributed by atoms with Crippen molar-refractivity contribution in [2.24, 2.45) is 35.0 Å². The van der Waals surface area contributed by atoms with Gasteiger partial charge >= 0.3 is 5.97 Å². The summed E-state index contributed by atoms with van der Waals surface area (Å²) in [7, 11) is 0. The van der Waals surface area contributed by atoms with Crippen LogP contribution < -0.4 is 4.74 Å². The summed E-state index contributed by atoms with van der Waals surface area (Å²) in [5, 5.41) is 2.36. The first-order chi connectivity index (χ1) is 14.1. The van der Waals surface area contributed by atoms with Gasteiger partial charge in [0.05, 0.1) is 5.92 Å². The second-order valence-corrected chi connectivity index (χ2v) is 10.2. The molecule has 0 amide bonds. The predicted octanol–water partition coefficient (Wildman–Crippen LogP) is 5.96. The minimum absolute atomic E-state index is 0.0290. The smallest absolute Gasteiger partial charge is 0.312 e. The van der Waals surface area contributed by atoms with Crippen LogP contribution in [0.15, 0.2) is 42.5 Å². The van der Waals surface area contributed by atoms with Crippen LogP contribution in [0.1, 0.15) is 51.9 Å². The third-order valence-corrected chi connectivity index (χ3v) is 8.57. The van der Waals surface area contributed by atoms with Crippen LogP contribution in [-0.4, -0.2) is 12.3 Å². The zero-order chi connectivity index (χ0) is 19.6. The highest BCUT2D eigenvalue weighted by molar-refractivity contribution is 5.83. The van der Waals surface area contributed by atoms with Crippen LogP contribution in [0.25, 0.3) is 10.8 Å². The minimum atomic E-state index is -0.418. The van der Waals surface area contributed by atoms with Gasteiger partial charge < -0.3 is 9.47 Å². The molecule has 0 radical (unpaired) electrons. The molecule has 152 valence electrons. The molecular weight excluding hydrogens is 360 g/mol. The van der Waals surface area contributed by atoms with E-state index in [1.165, 1.54) is 43.9 Å². The molecule has 0 aromatic heterocycles. The monoisotopic (exact) mass is 390 g/mol. The summed E-state index contributed by atoms with van der Waals surface area (Å²) >= 11 is 0. The molecule has 0 bridgehead atoms. The first kappa shape index (κ1) is 17.8. The molecule has 3 nitrogen and oxygen atoms in total. The SMILES string of the molecule is CC1(C2C3CC[C@@H]4C(=O)O[C@@H](Oc5ccc6ccccc6c5)[C@@H]4[C@H]32)CCCCC1. The lowest BCUT2D eigenvalue weighted by Gasteiger charge is -2.35. The Hall–Kier alpha value is -2.03. The Morgan fingerprint density at radius 1 is 0.966 bits per heavy atom. The van der Waals surface area contributed by atoms with E-state index in [2.05, 4.69) is 31.2 Å². The molecule has 0 N–H and O–H groups in total. The molecule has 3 saturated carbocycles. The quantitative estimate of drug-likeness (QED) is 0.607. The number of carbonyl (C=O) groups excluding carboxylic acids is 1. The van der Waals surface area contributed by atoms with E-state index in [9.17, 15) is 4.79 Å². The fraction of sp³-hybridized carbons (Fsp3) is 0.577. The standard InChI is InChI=1S/C26H30O3/c1-26(13-5-2-6-14-26)23-19-11-12-20-22(21(19)23)25(29-24(20)27)28-18-10-9-16-7-3-4-8-17(16)15-18/h3-4,7-10,15,19-23,25H,2,5-6,11-14H2,1H3/t19?,20-,21-,22-,23?,25+/m0/s1. The first-order valence-corrected chi connectivity index (χ1v) is 11.5. The van der Waals surface area contributed by atoms with Gasteiger partial charge in [-0.05, 0) is 71.8 Å². The zero-order valence-corrected chi connectivity index (χ0v) is 17.2. The van der Waals surface area contributed by atoms with Crippen molar-refractivity contribution < 1.29 is 14.3 Å². The van der Waals surface area contributed by atoms with Crippen molar-refractivity contribution in [3.63, 3.8) is 0 Å². The summed E-state index contributed by atoms with van der Waals surface area (Å²) in [5.41, 5.74) is 0.460. The average Bonchev–Trinajstić information content (AvgIpc) is 3.41. The largest absolute Gasteiger partial charge is 0.454 e. The highest BCUT2D eigenvalue weighted by atomic mass is 16.7. The normalized spacial score (nSPS) is 37.5. The van der Waals surface area contributed by atoms with E-state index >= 15 is 0 Å². The van der Waals surface area contributed by atoms with E-state index < -0.39 is 6.29 Å². The lowest BCUT2D eigenvalue weighted by Crippen LogP contribution is -2.32. The highest BCUT2D eigenvalue weighted by Gasteiger charge is 2.69. The summed E-state index contributed by atoms with van der Waals surface area (Å²) < 4.78 is 12.2. The van der Waals surface area contributed by atoms with Crippen LogP contribution >= 0.6 is 0 Å². The summed E-state index contributed by atoms with van der Waals surface area (Å²) in [5.74, 6) is 3.19. The van der Waals surface area contributed by atoms with Crippen molar-refractivity contribution in [3.05, 3.63) is 42.5 Å². The van der Waals surface area contributed by atoms with Crippen molar-refractivity contribution in [3.8, 4) is 5.75 Å². The van der Waals surface area contributed by atoms with E-state index in [0.717, 1.165) is 29.4 Å². The minimum Gasteiger partial charge on any atom is -0.454 e. The maximum Gasteiger partial charge on any atom is 0.312 e. The molecule has 1 aliphatic heterocycles. The van der Waals surface area contributed by atoms with Gasteiger partial charge in [-0.3, -0.25) is 4.79 Å². The van der Waals surface area contributed by atoms with Crippen molar-refractivity contribution in [2.45, 2.75) is 58.2 Å². The number of carbonyl (C=O) groups is 1. The number of benzene rings is 2. The number of fused-ring (bicyclic) bond motifs is 4. The van der Waals surface area contributed by atoms with Gasteiger partial charge in [-0.1, -0.05) is 56.5 Å². The van der Waals surface area contributed by atoms with Crippen LogP contribution in [0.4, 0.5) is 0 Å². The molecule has 6 atom stereocenters. The molecular formula is C26H30O3. The molecule has 6 rings (SSSR count). The molecule has 0 spiro atoms. The summed E-state index contributed by atoms with van der Waals surface area (Å²) in [6.45, 7) is 2.51. The van der Waals surface area contributed by atoms with E-state index in [1.54, 1.807) is 0 Å². The second kappa shape index (κ2) is 6.48. The van der Waals surface area contributed by atoms with Gasteiger partial charge in [-0.15, -0.1) is 0 Å². The molecule has 4 fully saturated rings. The van der Waals surface area contributed by atoms with Crippen molar-refractivity contribution in [2.75, 3.05) is 0 Å². The third kappa shape index (κ3) is 2.80. The van der Waals surface area contributed by atoms with Crippen LogP contribution in [0.3, 0.4) is 0 Å². The van der Waals surface area contributed by atoms with Crippen LogP contribution in [-0.2, 0) is 9.53 Å². The number of hydrogen-bond acceptors (Lipinski definition) is 3. The number of ether oxygens (including phenoxy) is 2. The van der Waals surface area contributed by atoms with E-state index in [4.69, 9.17) is 9.47 Å². The lowest BCUT2D eigenvalue weighted by atomic mass is 9.70. The van der Waals surface area contributed by atoms with Crippen LogP contribution in [0.2, 0.25) is 0 Å². The van der Waals surface area contributed by atoms with Gasteiger partial charge in [0, 0.05) is 5.92 Å². The van der Waals surface area contributed by atoms with Gasteiger partial charge in [0.25, 0.3) is 0 Å². The third-order valence-electron chi connectivity index (χ3n) is 8.57. The zero-order valence-electron chi connectivity index (χ0n) is 17.2. The summed E-state index contributed by atoms with van der Waals surface area (Å²) in [6.07, 6.45) is 8.59. The molecule has 2 aromatic carbocycles. The Kier molecular flexibility index (Phi) is 3.98. The Bertz CT molecular complexity index is 944. The topological polar surface area (TPSA) is 35.5 Å². The summed E-state index contributed by atoms with van der Waals surface area (Å²) in [6, 6.07) is 14.5. The molecule has 4 aliphatic rings. The second-order valence-electron chi connectivity index (χ2n) is 10.2. The number of esters is 1. The molecule has 3 heteroatoms. The lowest BCUT2D eigenvalue weighted by molar-refractivity contribution is -0.154. The van der Waals surface area contributed by atoms with Crippen molar-refractivity contribution in [1.82, 2.24) is 0 Å². The Morgan fingerprint density at radius 2 is 1.76 bits per heavy atom. The van der Waals surface area contributed by atoms with E-state index in [0.29, 0.717) is 11.3 Å². The molecule has 2 unspecified atom stereocenters. The van der Waals surface area contributed by atoms with Crippen molar-refractivity contribution in [1.29, 1.82) is 0 Å².